The van der Waals surface area contributed by atoms with Crippen molar-refractivity contribution in [2.75, 3.05) is 19.7 Å². The van der Waals surface area contributed by atoms with E-state index in [9.17, 15) is 9.90 Å². The van der Waals surface area contributed by atoms with E-state index < -0.39 is 5.97 Å². The fraction of sp³-hybridized carbons (Fsp3) is 0.588. The Kier molecular flexibility index (Phi) is 5.23. The third-order valence-corrected chi connectivity index (χ3v) is 4.24. The highest BCUT2D eigenvalue weighted by Crippen LogP contribution is 2.23. The summed E-state index contributed by atoms with van der Waals surface area (Å²) in [4.78, 5) is 13.4. The van der Waals surface area contributed by atoms with Gasteiger partial charge < -0.3 is 9.84 Å². The first-order valence-electron chi connectivity index (χ1n) is 7.64. The van der Waals surface area contributed by atoms with Gasteiger partial charge in [0.25, 0.3) is 0 Å². The molecular formula is C17H25NO3. The van der Waals surface area contributed by atoms with Crippen LogP contribution in [0.2, 0.25) is 0 Å². The molecule has 0 spiro atoms. The number of ether oxygens (including phenoxy) is 1. The van der Waals surface area contributed by atoms with E-state index in [0.29, 0.717) is 19.1 Å². The lowest BCUT2D eigenvalue weighted by molar-refractivity contribution is -0.145. The van der Waals surface area contributed by atoms with Crippen LogP contribution in [0.25, 0.3) is 0 Å². The molecule has 0 bridgehead atoms. The molecule has 4 heteroatoms. The molecule has 2 rings (SSSR count). The SMILES string of the molecule is Cc1ccc(C)c(OCCN2CCC(C)CC2C(=O)O)c1. The zero-order chi connectivity index (χ0) is 15.4. The summed E-state index contributed by atoms with van der Waals surface area (Å²) in [5, 5.41) is 9.34. The van der Waals surface area contributed by atoms with E-state index in [1.807, 2.05) is 30.9 Å². The van der Waals surface area contributed by atoms with Crippen molar-refractivity contribution in [2.24, 2.45) is 5.92 Å². The van der Waals surface area contributed by atoms with Crippen LogP contribution >= 0.6 is 0 Å². The van der Waals surface area contributed by atoms with Crippen molar-refractivity contribution in [3.63, 3.8) is 0 Å². The third-order valence-electron chi connectivity index (χ3n) is 4.24. The first-order valence-corrected chi connectivity index (χ1v) is 7.64. The third kappa shape index (κ3) is 4.21. The van der Waals surface area contributed by atoms with Gasteiger partial charge in [0.1, 0.15) is 18.4 Å². The highest BCUT2D eigenvalue weighted by Gasteiger charge is 2.31. The topological polar surface area (TPSA) is 49.8 Å². The Morgan fingerprint density at radius 3 is 2.90 bits per heavy atom. The van der Waals surface area contributed by atoms with Crippen LogP contribution in [-0.4, -0.2) is 41.7 Å². The number of carbonyl (C=O) groups is 1. The van der Waals surface area contributed by atoms with Crippen LogP contribution in [-0.2, 0) is 4.79 Å². The number of nitrogens with zero attached hydrogens (tertiary/aromatic N) is 1. The van der Waals surface area contributed by atoms with E-state index in [1.54, 1.807) is 0 Å². The van der Waals surface area contributed by atoms with Crippen LogP contribution in [0.3, 0.4) is 0 Å². The molecule has 2 unspecified atom stereocenters. The summed E-state index contributed by atoms with van der Waals surface area (Å²) in [7, 11) is 0. The molecule has 4 nitrogen and oxygen atoms in total. The molecule has 1 fully saturated rings. The normalized spacial score (nSPS) is 23.0. The summed E-state index contributed by atoms with van der Waals surface area (Å²) in [6.45, 7) is 8.23. The summed E-state index contributed by atoms with van der Waals surface area (Å²) in [5.74, 6) is 0.669. The molecule has 1 N–H and O–H groups in total. The quantitative estimate of drug-likeness (QED) is 0.906. The number of benzene rings is 1. The van der Waals surface area contributed by atoms with E-state index >= 15 is 0 Å². The average molecular weight is 291 g/mol. The first-order chi connectivity index (χ1) is 9.97. The molecular weight excluding hydrogens is 266 g/mol. The lowest BCUT2D eigenvalue weighted by Crippen LogP contribution is -2.48. The molecule has 1 heterocycles. The number of hydrogen-bond donors (Lipinski definition) is 1. The Balaban J connectivity index is 1.90. The molecule has 0 aromatic heterocycles. The predicted molar refractivity (Wildman–Crippen MR) is 82.8 cm³/mol. The molecule has 21 heavy (non-hydrogen) atoms. The van der Waals surface area contributed by atoms with Crippen molar-refractivity contribution in [3.8, 4) is 5.75 Å². The van der Waals surface area contributed by atoms with E-state index in [2.05, 4.69) is 13.0 Å². The molecule has 2 atom stereocenters. The lowest BCUT2D eigenvalue weighted by Gasteiger charge is -2.35. The van der Waals surface area contributed by atoms with E-state index in [-0.39, 0.29) is 6.04 Å². The second-order valence-electron chi connectivity index (χ2n) is 6.14. The van der Waals surface area contributed by atoms with Crippen LogP contribution in [0.15, 0.2) is 18.2 Å². The molecule has 0 aliphatic carbocycles. The van der Waals surface area contributed by atoms with Gasteiger partial charge in [-0.25, -0.2) is 0 Å². The van der Waals surface area contributed by atoms with E-state index in [4.69, 9.17) is 4.74 Å². The van der Waals surface area contributed by atoms with Gasteiger partial charge in [-0.3, -0.25) is 9.69 Å². The van der Waals surface area contributed by atoms with Crippen molar-refractivity contribution < 1.29 is 14.6 Å². The summed E-state index contributed by atoms with van der Waals surface area (Å²) < 4.78 is 5.84. The number of piperidine rings is 1. The number of hydrogen-bond acceptors (Lipinski definition) is 3. The van der Waals surface area contributed by atoms with Crippen molar-refractivity contribution in [1.29, 1.82) is 0 Å². The summed E-state index contributed by atoms with van der Waals surface area (Å²) in [5.41, 5.74) is 2.29. The van der Waals surface area contributed by atoms with E-state index in [1.165, 1.54) is 5.56 Å². The van der Waals surface area contributed by atoms with Gasteiger partial charge in [-0.1, -0.05) is 19.1 Å². The minimum absolute atomic E-state index is 0.365. The maximum absolute atomic E-state index is 11.4. The second kappa shape index (κ2) is 6.94. The maximum Gasteiger partial charge on any atom is 0.320 e. The largest absolute Gasteiger partial charge is 0.492 e. The zero-order valence-corrected chi connectivity index (χ0v) is 13.1. The standard InChI is InChI=1S/C17H25NO3/c1-12-4-5-14(3)16(11-12)21-9-8-18-7-6-13(2)10-15(18)17(19)20/h4-5,11,13,15H,6-10H2,1-3H3,(H,19,20). The number of carboxylic acids is 1. The smallest absolute Gasteiger partial charge is 0.320 e. The molecule has 0 amide bonds. The van der Waals surface area contributed by atoms with Gasteiger partial charge in [-0.15, -0.1) is 0 Å². The van der Waals surface area contributed by atoms with E-state index in [0.717, 1.165) is 30.7 Å². The lowest BCUT2D eigenvalue weighted by atomic mass is 9.92. The Hall–Kier alpha value is -1.55. The minimum atomic E-state index is -0.715. The van der Waals surface area contributed by atoms with Gasteiger partial charge in [0, 0.05) is 6.54 Å². The van der Waals surface area contributed by atoms with Crippen molar-refractivity contribution in [2.45, 2.75) is 39.7 Å². The van der Waals surface area contributed by atoms with Crippen LogP contribution in [0, 0.1) is 19.8 Å². The van der Waals surface area contributed by atoms with Gasteiger partial charge in [-0.05, 0) is 56.3 Å². The van der Waals surface area contributed by atoms with Crippen molar-refractivity contribution >= 4 is 5.97 Å². The molecule has 1 aromatic carbocycles. The Bertz CT molecular complexity index is 501. The fourth-order valence-electron chi connectivity index (χ4n) is 2.85. The summed E-state index contributed by atoms with van der Waals surface area (Å²) >= 11 is 0. The minimum Gasteiger partial charge on any atom is -0.492 e. The number of rotatable bonds is 5. The molecule has 1 aliphatic heterocycles. The molecule has 1 saturated heterocycles. The van der Waals surface area contributed by atoms with Gasteiger partial charge >= 0.3 is 5.97 Å². The molecule has 0 radical (unpaired) electrons. The first kappa shape index (κ1) is 15.8. The number of aliphatic carboxylic acids is 1. The van der Waals surface area contributed by atoms with Gasteiger partial charge in [0.05, 0.1) is 0 Å². The summed E-state index contributed by atoms with van der Waals surface area (Å²) in [6, 6.07) is 5.78. The fourth-order valence-corrected chi connectivity index (χ4v) is 2.85. The molecule has 1 aromatic rings. The zero-order valence-electron chi connectivity index (χ0n) is 13.1. The Labute approximate surface area is 126 Å². The monoisotopic (exact) mass is 291 g/mol. The Morgan fingerprint density at radius 1 is 1.43 bits per heavy atom. The van der Waals surface area contributed by atoms with Crippen molar-refractivity contribution in [3.05, 3.63) is 29.3 Å². The van der Waals surface area contributed by atoms with Gasteiger partial charge in [0.15, 0.2) is 0 Å². The molecule has 0 saturated carbocycles. The maximum atomic E-state index is 11.4. The van der Waals surface area contributed by atoms with Gasteiger partial charge in [-0.2, -0.15) is 0 Å². The second-order valence-corrected chi connectivity index (χ2v) is 6.14. The molecule has 1 aliphatic rings. The summed E-state index contributed by atoms with van der Waals surface area (Å²) in [6.07, 6.45) is 1.80. The van der Waals surface area contributed by atoms with Crippen molar-refractivity contribution in [1.82, 2.24) is 4.90 Å². The van der Waals surface area contributed by atoms with Crippen LogP contribution in [0.5, 0.6) is 5.75 Å². The van der Waals surface area contributed by atoms with Crippen LogP contribution in [0.1, 0.15) is 30.9 Å². The predicted octanol–water partition coefficient (Wildman–Crippen LogP) is 2.87. The van der Waals surface area contributed by atoms with Crippen LogP contribution < -0.4 is 4.74 Å². The highest BCUT2D eigenvalue weighted by atomic mass is 16.5. The van der Waals surface area contributed by atoms with Crippen LogP contribution in [0.4, 0.5) is 0 Å². The number of aryl methyl sites for hydroxylation is 2. The number of carboxylic acid groups (broad SMARTS) is 1. The number of likely N-dealkylation sites (tertiary alicyclic amines) is 1. The Morgan fingerprint density at radius 2 is 2.19 bits per heavy atom. The highest BCUT2D eigenvalue weighted by molar-refractivity contribution is 5.73. The average Bonchev–Trinajstić information content (AvgIpc) is 2.44. The molecule has 116 valence electrons. The van der Waals surface area contributed by atoms with Gasteiger partial charge in [0.2, 0.25) is 0 Å².